The molecule has 1 aromatic rings. The SMILES string of the molecule is CNC(=O)N(S)C1CCCC(c2csc(NC(=N)N)n2)C1. The van der Waals surface area contributed by atoms with Gasteiger partial charge in [-0.25, -0.2) is 9.78 Å². The number of carbonyl (C=O) groups excluding carboxylic acids is 1. The van der Waals surface area contributed by atoms with E-state index in [9.17, 15) is 4.79 Å². The third-order valence-electron chi connectivity index (χ3n) is 3.60. The second-order valence-corrected chi connectivity index (χ2v) is 6.32. The minimum atomic E-state index is -0.179. The van der Waals surface area contributed by atoms with Crippen molar-refractivity contribution in [3.8, 4) is 0 Å². The number of guanidine groups is 1. The van der Waals surface area contributed by atoms with Crippen LogP contribution in [-0.2, 0) is 0 Å². The van der Waals surface area contributed by atoms with Crippen molar-refractivity contribution in [1.82, 2.24) is 14.6 Å². The number of nitrogens with zero attached hydrogens (tertiary/aromatic N) is 2. The molecule has 1 fully saturated rings. The summed E-state index contributed by atoms with van der Waals surface area (Å²) in [6.07, 6.45) is 3.89. The molecule has 0 saturated heterocycles. The van der Waals surface area contributed by atoms with Crippen molar-refractivity contribution >= 4 is 41.3 Å². The van der Waals surface area contributed by atoms with Crippen LogP contribution in [0.2, 0.25) is 0 Å². The molecule has 2 atom stereocenters. The second kappa shape index (κ2) is 6.99. The van der Waals surface area contributed by atoms with Crippen LogP contribution < -0.4 is 16.4 Å². The molecule has 0 bridgehead atoms. The average Bonchev–Trinajstić information content (AvgIpc) is 2.93. The van der Waals surface area contributed by atoms with Crippen molar-refractivity contribution in [2.24, 2.45) is 5.73 Å². The molecule has 1 heterocycles. The van der Waals surface area contributed by atoms with Gasteiger partial charge >= 0.3 is 6.03 Å². The predicted molar refractivity (Wildman–Crippen MR) is 87.9 cm³/mol. The number of urea groups is 1. The first kappa shape index (κ1) is 15.9. The largest absolute Gasteiger partial charge is 0.370 e. The third kappa shape index (κ3) is 4.01. The van der Waals surface area contributed by atoms with Crippen molar-refractivity contribution in [2.75, 3.05) is 12.4 Å². The minimum absolute atomic E-state index is 0.109. The predicted octanol–water partition coefficient (Wildman–Crippen LogP) is 1.96. The summed E-state index contributed by atoms with van der Waals surface area (Å²) in [6.45, 7) is 0. The first-order valence-electron chi connectivity index (χ1n) is 6.77. The van der Waals surface area contributed by atoms with E-state index in [1.54, 1.807) is 7.05 Å². The summed E-state index contributed by atoms with van der Waals surface area (Å²) in [5.41, 5.74) is 6.29. The lowest BCUT2D eigenvalue weighted by atomic mass is 9.84. The van der Waals surface area contributed by atoms with E-state index in [2.05, 4.69) is 28.4 Å². The van der Waals surface area contributed by atoms with Crippen molar-refractivity contribution < 1.29 is 4.79 Å². The highest BCUT2D eigenvalue weighted by Crippen LogP contribution is 2.36. The number of amides is 2. The molecule has 7 nitrogen and oxygen atoms in total. The van der Waals surface area contributed by atoms with E-state index < -0.39 is 0 Å². The number of hydrogen-bond donors (Lipinski definition) is 5. The molecule has 1 aliphatic rings. The molecule has 2 amide bonds. The van der Waals surface area contributed by atoms with Gasteiger partial charge in [0, 0.05) is 24.4 Å². The van der Waals surface area contributed by atoms with Gasteiger partial charge in [0.05, 0.1) is 5.69 Å². The van der Waals surface area contributed by atoms with Crippen molar-refractivity contribution in [2.45, 2.75) is 37.6 Å². The lowest BCUT2D eigenvalue weighted by Gasteiger charge is -2.33. The average molecular weight is 328 g/mol. The second-order valence-electron chi connectivity index (χ2n) is 5.03. The number of hydrogen-bond acceptors (Lipinski definition) is 5. The maximum absolute atomic E-state index is 11.7. The Labute approximate surface area is 133 Å². The van der Waals surface area contributed by atoms with Gasteiger partial charge in [-0.05, 0) is 19.3 Å². The number of nitrogens with two attached hydrogens (primary N) is 1. The Hall–Kier alpha value is -1.48. The van der Waals surface area contributed by atoms with Crippen LogP contribution in [0.5, 0.6) is 0 Å². The summed E-state index contributed by atoms with van der Waals surface area (Å²) in [4.78, 5) is 16.1. The number of thiol groups is 1. The lowest BCUT2D eigenvalue weighted by Crippen LogP contribution is -2.40. The monoisotopic (exact) mass is 328 g/mol. The maximum atomic E-state index is 11.7. The van der Waals surface area contributed by atoms with Crippen LogP contribution in [0.1, 0.15) is 37.3 Å². The van der Waals surface area contributed by atoms with Gasteiger partial charge in [0.15, 0.2) is 11.1 Å². The molecule has 1 aromatic heterocycles. The minimum Gasteiger partial charge on any atom is -0.370 e. The summed E-state index contributed by atoms with van der Waals surface area (Å²) in [7, 11) is 1.60. The zero-order chi connectivity index (χ0) is 15.4. The normalized spacial score (nSPS) is 21.6. The van der Waals surface area contributed by atoms with Crippen LogP contribution in [0, 0.1) is 5.41 Å². The van der Waals surface area contributed by atoms with Gasteiger partial charge < -0.3 is 16.4 Å². The quantitative estimate of drug-likeness (QED) is 0.332. The Balaban J connectivity index is 2.02. The topological polar surface area (TPSA) is 107 Å². The third-order valence-corrected chi connectivity index (χ3v) is 4.88. The Morgan fingerprint density at radius 3 is 3.05 bits per heavy atom. The smallest absolute Gasteiger partial charge is 0.327 e. The van der Waals surface area contributed by atoms with Gasteiger partial charge in [-0.2, -0.15) is 0 Å². The fourth-order valence-corrected chi connectivity index (χ4v) is 3.70. The first-order chi connectivity index (χ1) is 10.0. The fraction of sp³-hybridized carbons (Fsp3) is 0.583. The van der Waals surface area contributed by atoms with Crippen LogP contribution in [0.25, 0.3) is 0 Å². The highest BCUT2D eigenvalue weighted by atomic mass is 32.1. The molecule has 2 unspecified atom stereocenters. The zero-order valence-electron chi connectivity index (χ0n) is 11.8. The number of nitrogens with one attached hydrogen (secondary N) is 3. The highest BCUT2D eigenvalue weighted by molar-refractivity contribution is 7.78. The molecular formula is C12H20N6OS2. The molecule has 0 spiro atoms. The van der Waals surface area contributed by atoms with E-state index in [1.807, 2.05) is 5.38 Å². The van der Waals surface area contributed by atoms with Gasteiger partial charge in [-0.1, -0.05) is 19.2 Å². The lowest BCUT2D eigenvalue weighted by molar-refractivity contribution is 0.204. The van der Waals surface area contributed by atoms with Gasteiger partial charge in [-0.15, -0.1) is 11.3 Å². The van der Waals surface area contributed by atoms with E-state index in [0.717, 1.165) is 31.4 Å². The molecule has 21 heavy (non-hydrogen) atoms. The number of rotatable bonds is 3. The number of carbonyl (C=O) groups is 1. The molecular weight excluding hydrogens is 308 g/mol. The first-order valence-corrected chi connectivity index (χ1v) is 8.05. The van der Waals surface area contributed by atoms with Gasteiger partial charge in [-0.3, -0.25) is 9.71 Å². The van der Waals surface area contributed by atoms with E-state index in [0.29, 0.717) is 11.0 Å². The van der Waals surface area contributed by atoms with Crippen molar-refractivity contribution in [3.63, 3.8) is 0 Å². The summed E-state index contributed by atoms with van der Waals surface area (Å²) in [6, 6.07) is -0.0702. The highest BCUT2D eigenvalue weighted by Gasteiger charge is 2.29. The van der Waals surface area contributed by atoms with Crippen LogP contribution in [-0.4, -0.2) is 34.4 Å². The Kier molecular flexibility index (Phi) is 5.29. The van der Waals surface area contributed by atoms with E-state index in [4.69, 9.17) is 11.1 Å². The van der Waals surface area contributed by atoms with E-state index in [-0.39, 0.29) is 18.0 Å². The molecule has 0 aliphatic heterocycles. The maximum Gasteiger partial charge on any atom is 0.327 e. The van der Waals surface area contributed by atoms with Gasteiger partial charge in [0.2, 0.25) is 0 Å². The molecule has 9 heteroatoms. The number of thiazole rings is 1. The van der Waals surface area contributed by atoms with Crippen LogP contribution >= 0.6 is 24.2 Å². The van der Waals surface area contributed by atoms with E-state index >= 15 is 0 Å². The van der Waals surface area contributed by atoms with Crippen LogP contribution in [0.3, 0.4) is 0 Å². The van der Waals surface area contributed by atoms with E-state index in [1.165, 1.54) is 15.6 Å². The van der Waals surface area contributed by atoms with Gasteiger partial charge in [0.1, 0.15) is 0 Å². The van der Waals surface area contributed by atoms with Crippen LogP contribution in [0.15, 0.2) is 5.38 Å². The zero-order valence-corrected chi connectivity index (χ0v) is 13.5. The molecule has 0 aromatic carbocycles. The summed E-state index contributed by atoms with van der Waals surface area (Å²) in [5.74, 6) is 0.195. The number of anilines is 1. The van der Waals surface area contributed by atoms with Crippen molar-refractivity contribution in [3.05, 3.63) is 11.1 Å². The molecule has 5 N–H and O–H groups in total. The number of aromatic nitrogens is 1. The summed E-state index contributed by atoms with van der Waals surface area (Å²) >= 11 is 5.73. The summed E-state index contributed by atoms with van der Waals surface area (Å²) < 4.78 is 1.48. The Bertz CT molecular complexity index is 520. The molecule has 1 saturated carbocycles. The molecule has 2 rings (SSSR count). The fourth-order valence-electron chi connectivity index (χ4n) is 2.58. The summed E-state index contributed by atoms with van der Waals surface area (Å²) in [5, 5.41) is 15.1. The molecule has 1 aliphatic carbocycles. The standard InChI is InChI=1S/C12H20N6OS2/c1-15-12(19)18(20)8-4-2-3-7(5-8)9-6-21-11(16-9)17-10(13)14/h6-8,20H,2-5H2,1H3,(H,15,19)(H4,13,14,16,17). The molecule has 116 valence electrons. The Morgan fingerprint density at radius 1 is 1.62 bits per heavy atom. The molecule has 0 radical (unpaired) electrons. The van der Waals surface area contributed by atoms with Crippen molar-refractivity contribution in [1.29, 1.82) is 5.41 Å². The van der Waals surface area contributed by atoms with Gasteiger partial charge in [0.25, 0.3) is 0 Å². The Morgan fingerprint density at radius 2 is 2.38 bits per heavy atom. The van der Waals surface area contributed by atoms with Crippen LogP contribution in [0.4, 0.5) is 9.93 Å².